The van der Waals surface area contributed by atoms with Crippen LogP contribution < -0.4 is 10.2 Å². The molecule has 21 heavy (non-hydrogen) atoms. The van der Waals surface area contributed by atoms with Crippen LogP contribution in [0.25, 0.3) is 10.8 Å². The number of anilines is 2. The smallest absolute Gasteiger partial charge is 0.136 e. The Labute approximate surface area is 126 Å². The van der Waals surface area contributed by atoms with E-state index in [0.29, 0.717) is 6.54 Å². The zero-order valence-electron chi connectivity index (χ0n) is 13.0. The summed E-state index contributed by atoms with van der Waals surface area (Å²) in [4.78, 5) is 8.58. The van der Waals surface area contributed by atoms with Gasteiger partial charge in [-0.05, 0) is 37.7 Å². The average Bonchev–Trinajstić information content (AvgIpc) is 2.46. The van der Waals surface area contributed by atoms with Gasteiger partial charge in [0, 0.05) is 44.0 Å². The van der Waals surface area contributed by atoms with Crippen LogP contribution in [0.2, 0.25) is 0 Å². The quantitative estimate of drug-likeness (QED) is 0.811. The Hall–Kier alpha value is -1.85. The molecule has 0 amide bonds. The van der Waals surface area contributed by atoms with Crippen molar-refractivity contribution in [2.45, 2.75) is 0 Å². The van der Waals surface area contributed by atoms with E-state index >= 15 is 0 Å². The van der Waals surface area contributed by atoms with E-state index in [0.717, 1.165) is 35.4 Å². The molecule has 2 N–H and O–H groups in total. The fraction of sp³-hybridized carbons (Fsp3) is 0.438. The number of likely N-dealkylation sites (N-methyl/N-ethyl adjacent to an activating group) is 2. The van der Waals surface area contributed by atoms with Crippen molar-refractivity contribution in [3.05, 3.63) is 30.5 Å². The molecule has 0 bridgehead atoms. The summed E-state index contributed by atoms with van der Waals surface area (Å²) in [5.41, 5.74) is 1.09. The summed E-state index contributed by atoms with van der Waals surface area (Å²) in [6.07, 6.45) is 1.81. The second-order valence-electron chi connectivity index (χ2n) is 5.45. The number of nitrogens with zero attached hydrogens (tertiary/aromatic N) is 3. The maximum absolute atomic E-state index is 9.11. The second kappa shape index (κ2) is 7.24. The van der Waals surface area contributed by atoms with E-state index < -0.39 is 0 Å². The van der Waals surface area contributed by atoms with Gasteiger partial charge in [-0.1, -0.05) is 6.07 Å². The lowest BCUT2D eigenvalue weighted by atomic mass is 10.1. The van der Waals surface area contributed by atoms with Crippen molar-refractivity contribution in [1.29, 1.82) is 0 Å². The van der Waals surface area contributed by atoms with Crippen LogP contribution in [-0.2, 0) is 0 Å². The van der Waals surface area contributed by atoms with Crippen LogP contribution in [-0.4, -0.2) is 62.4 Å². The van der Waals surface area contributed by atoms with Crippen molar-refractivity contribution in [3.8, 4) is 0 Å². The maximum atomic E-state index is 9.11. The summed E-state index contributed by atoms with van der Waals surface area (Å²) in [5, 5.41) is 14.8. The number of hydrogen-bond acceptors (Lipinski definition) is 5. The van der Waals surface area contributed by atoms with Gasteiger partial charge in [-0.15, -0.1) is 0 Å². The molecule has 0 saturated heterocycles. The standard InChI is InChI=1S/C16H24N4O/c1-19(2)9-8-17-14-5-4-13-6-7-18-16(15(13)12-14)20(3)10-11-21/h4-7,12,17,21H,8-11H2,1-3H3. The number of pyridine rings is 1. The first-order chi connectivity index (χ1) is 10.1. The number of nitrogens with one attached hydrogen (secondary N) is 1. The molecule has 2 aromatic rings. The number of fused-ring (bicyclic) bond motifs is 1. The Morgan fingerprint density at radius 1 is 1.14 bits per heavy atom. The molecule has 0 aliphatic carbocycles. The Kier molecular flexibility index (Phi) is 5.36. The predicted octanol–water partition coefficient (Wildman–Crippen LogP) is 1.64. The summed E-state index contributed by atoms with van der Waals surface area (Å²) in [6.45, 7) is 2.59. The largest absolute Gasteiger partial charge is 0.395 e. The normalized spacial score (nSPS) is 11.1. The highest BCUT2D eigenvalue weighted by atomic mass is 16.3. The molecule has 5 nitrogen and oxygen atoms in total. The molecular formula is C16H24N4O. The van der Waals surface area contributed by atoms with Crippen molar-refractivity contribution in [1.82, 2.24) is 9.88 Å². The van der Waals surface area contributed by atoms with Crippen LogP contribution in [0.15, 0.2) is 30.5 Å². The third-order valence-corrected chi connectivity index (χ3v) is 3.43. The van der Waals surface area contributed by atoms with Crippen LogP contribution >= 0.6 is 0 Å². The third kappa shape index (κ3) is 4.06. The minimum Gasteiger partial charge on any atom is -0.395 e. The number of aliphatic hydroxyl groups excluding tert-OH is 1. The maximum Gasteiger partial charge on any atom is 0.136 e. The van der Waals surface area contributed by atoms with E-state index in [1.54, 1.807) is 0 Å². The zero-order chi connectivity index (χ0) is 15.2. The van der Waals surface area contributed by atoms with Crippen molar-refractivity contribution < 1.29 is 5.11 Å². The highest BCUT2D eigenvalue weighted by Crippen LogP contribution is 2.26. The average molecular weight is 288 g/mol. The number of benzene rings is 1. The molecule has 0 atom stereocenters. The fourth-order valence-corrected chi connectivity index (χ4v) is 2.25. The molecule has 0 radical (unpaired) electrons. The van der Waals surface area contributed by atoms with Gasteiger partial charge >= 0.3 is 0 Å². The van der Waals surface area contributed by atoms with E-state index in [1.165, 1.54) is 0 Å². The first-order valence-corrected chi connectivity index (χ1v) is 7.21. The van der Waals surface area contributed by atoms with Gasteiger partial charge in [0.25, 0.3) is 0 Å². The number of aromatic nitrogens is 1. The van der Waals surface area contributed by atoms with Gasteiger partial charge in [0.1, 0.15) is 5.82 Å². The SMILES string of the molecule is CN(C)CCNc1ccc2ccnc(N(C)CCO)c2c1. The molecular weight excluding hydrogens is 264 g/mol. The van der Waals surface area contributed by atoms with Crippen LogP contribution in [0.4, 0.5) is 11.5 Å². The Morgan fingerprint density at radius 3 is 2.67 bits per heavy atom. The highest BCUT2D eigenvalue weighted by Gasteiger charge is 2.08. The predicted molar refractivity (Wildman–Crippen MR) is 89.1 cm³/mol. The van der Waals surface area contributed by atoms with Gasteiger partial charge in [-0.2, -0.15) is 0 Å². The van der Waals surface area contributed by atoms with Crippen molar-refractivity contribution in [2.75, 3.05) is 57.6 Å². The van der Waals surface area contributed by atoms with E-state index in [1.807, 2.05) is 24.2 Å². The minimum absolute atomic E-state index is 0.120. The zero-order valence-corrected chi connectivity index (χ0v) is 13.0. The lowest BCUT2D eigenvalue weighted by Crippen LogP contribution is -2.22. The Balaban J connectivity index is 2.25. The van der Waals surface area contributed by atoms with Crippen molar-refractivity contribution in [3.63, 3.8) is 0 Å². The molecule has 1 aromatic carbocycles. The lowest BCUT2D eigenvalue weighted by Gasteiger charge is -2.19. The monoisotopic (exact) mass is 288 g/mol. The van der Waals surface area contributed by atoms with Gasteiger partial charge in [-0.3, -0.25) is 0 Å². The van der Waals surface area contributed by atoms with E-state index in [9.17, 15) is 0 Å². The summed E-state index contributed by atoms with van der Waals surface area (Å²) in [7, 11) is 6.08. The first kappa shape index (κ1) is 15.5. The molecule has 114 valence electrons. The molecule has 1 aromatic heterocycles. The molecule has 1 heterocycles. The summed E-state index contributed by atoms with van der Waals surface area (Å²) >= 11 is 0. The Bertz CT molecular complexity index is 585. The van der Waals surface area contributed by atoms with Crippen molar-refractivity contribution >= 4 is 22.3 Å². The molecule has 0 aliphatic rings. The second-order valence-corrected chi connectivity index (χ2v) is 5.45. The summed E-state index contributed by atoms with van der Waals surface area (Å²) in [5.74, 6) is 0.901. The van der Waals surface area contributed by atoms with Gasteiger partial charge < -0.3 is 20.2 Å². The molecule has 0 spiro atoms. The van der Waals surface area contributed by atoms with Crippen LogP contribution in [0, 0.1) is 0 Å². The summed E-state index contributed by atoms with van der Waals surface area (Å²) < 4.78 is 0. The van der Waals surface area contributed by atoms with Crippen LogP contribution in [0.1, 0.15) is 0 Å². The minimum atomic E-state index is 0.120. The van der Waals surface area contributed by atoms with E-state index in [-0.39, 0.29) is 6.61 Å². The fourth-order valence-electron chi connectivity index (χ4n) is 2.25. The molecule has 0 unspecified atom stereocenters. The van der Waals surface area contributed by atoms with Crippen LogP contribution in [0.3, 0.4) is 0 Å². The number of aliphatic hydroxyl groups is 1. The molecule has 5 heteroatoms. The highest BCUT2D eigenvalue weighted by molar-refractivity contribution is 5.94. The van der Waals surface area contributed by atoms with Crippen molar-refractivity contribution in [2.24, 2.45) is 0 Å². The van der Waals surface area contributed by atoms with E-state index in [2.05, 4.69) is 47.5 Å². The third-order valence-electron chi connectivity index (χ3n) is 3.43. The van der Waals surface area contributed by atoms with Crippen LogP contribution in [0.5, 0.6) is 0 Å². The number of rotatable bonds is 7. The van der Waals surface area contributed by atoms with Gasteiger partial charge in [0.05, 0.1) is 6.61 Å². The van der Waals surface area contributed by atoms with Gasteiger partial charge in [0.15, 0.2) is 0 Å². The molecule has 2 rings (SSSR count). The topological polar surface area (TPSA) is 51.6 Å². The van der Waals surface area contributed by atoms with Gasteiger partial charge in [0.2, 0.25) is 0 Å². The first-order valence-electron chi connectivity index (χ1n) is 7.21. The van der Waals surface area contributed by atoms with E-state index in [4.69, 9.17) is 5.11 Å². The number of hydrogen-bond donors (Lipinski definition) is 2. The Morgan fingerprint density at radius 2 is 1.95 bits per heavy atom. The molecule has 0 saturated carbocycles. The molecule has 0 aliphatic heterocycles. The van der Waals surface area contributed by atoms with Gasteiger partial charge in [-0.25, -0.2) is 4.98 Å². The lowest BCUT2D eigenvalue weighted by molar-refractivity contribution is 0.304. The molecule has 0 fully saturated rings. The summed E-state index contributed by atoms with van der Waals surface area (Å²) in [6, 6.07) is 8.33.